The van der Waals surface area contributed by atoms with Gasteiger partial charge in [-0.25, -0.2) is 4.79 Å². The lowest BCUT2D eigenvalue weighted by atomic mass is 9.96. The predicted octanol–water partition coefficient (Wildman–Crippen LogP) is 3.33. The van der Waals surface area contributed by atoms with E-state index in [1.165, 1.54) is 0 Å². The molecule has 108 valence electrons. The number of fused-ring (bicyclic) bond motifs is 1. The number of phenolic OH excluding ortho intramolecular Hbond substituents is 1. The molecule has 0 unspecified atom stereocenters. The number of ether oxygens (including phenoxy) is 1. The number of hydrogen-bond acceptors (Lipinski definition) is 3. The van der Waals surface area contributed by atoms with E-state index in [1.54, 1.807) is 17.0 Å². The normalized spacial score (nSPS) is 14.7. The Labute approximate surface area is 119 Å². The molecule has 1 aromatic carbocycles. The van der Waals surface area contributed by atoms with Gasteiger partial charge in [-0.1, -0.05) is 18.7 Å². The van der Waals surface area contributed by atoms with Gasteiger partial charge in [0.1, 0.15) is 11.4 Å². The molecule has 0 bridgehead atoms. The average molecular weight is 275 g/mol. The number of rotatable bonds is 1. The SMILES string of the molecule is C=Cc1cc(O)c2c(c1)CCN(C(=O)OC(C)(C)C)C2. The maximum atomic E-state index is 12.1. The number of carbonyl (C=O) groups excluding carboxylic acids is 1. The summed E-state index contributed by atoms with van der Waals surface area (Å²) in [6.07, 6.45) is 2.08. The second-order valence-corrected chi connectivity index (χ2v) is 6.03. The Balaban J connectivity index is 2.19. The number of hydrogen-bond donors (Lipinski definition) is 1. The molecule has 4 nitrogen and oxygen atoms in total. The Hall–Kier alpha value is -1.97. The molecule has 1 aromatic rings. The summed E-state index contributed by atoms with van der Waals surface area (Å²) in [4.78, 5) is 13.7. The van der Waals surface area contributed by atoms with Crippen molar-refractivity contribution in [1.29, 1.82) is 0 Å². The van der Waals surface area contributed by atoms with Crippen LogP contribution in [0.3, 0.4) is 0 Å². The van der Waals surface area contributed by atoms with Gasteiger partial charge in [-0.05, 0) is 44.4 Å². The number of nitrogens with zero attached hydrogens (tertiary/aromatic N) is 1. The van der Waals surface area contributed by atoms with Gasteiger partial charge in [0, 0.05) is 12.1 Å². The van der Waals surface area contributed by atoms with E-state index in [1.807, 2.05) is 26.8 Å². The summed E-state index contributed by atoms with van der Waals surface area (Å²) in [6.45, 7) is 10.2. The monoisotopic (exact) mass is 275 g/mol. The molecule has 0 aliphatic carbocycles. The molecule has 0 fully saturated rings. The number of aromatic hydroxyl groups is 1. The third-order valence-electron chi connectivity index (χ3n) is 3.23. The second kappa shape index (κ2) is 5.19. The Bertz CT molecular complexity index is 543. The highest BCUT2D eigenvalue weighted by Crippen LogP contribution is 2.30. The van der Waals surface area contributed by atoms with Crippen molar-refractivity contribution in [3.63, 3.8) is 0 Å². The van der Waals surface area contributed by atoms with Crippen molar-refractivity contribution < 1.29 is 14.6 Å². The third-order valence-corrected chi connectivity index (χ3v) is 3.23. The van der Waals surface area contributed by atoms with Gasteiger partial charge in [0.2, 0.25) is 0 Å². The van der Waals surface area contributed by atoms with Gasteiger partial charge in [0.05, 0.1) is 6.54 Å². The Morgan fingerprint density at radius 1 is 1.45 bits per heavy atom. The van der Waals surface area contributed by atoms with Crippen molar-refractivity contribution >= 4 is 12.2 Å². The van der Waals surface area contributed by atoms with E-state index >= 15 is 0 Å². The topological polar surface area (TPSA) is 49.8 Å². The minimum atomic E-state index is -0.508. The van der Waals surface area contributed by atoms with Crippen LogP contribution in [0.5, 0.6) is 5.75 Å². The summed E-state index contributed by atoms with van der Waals surface area (Å²) in [6, 6.07) is 3.68. The molecule has 20 heavy (non-hydrogen) atoms. The molecule has 1 heterocycles. The third kappa shape index (κ3) is 3.13. The van der Waals surface area contributed by atoms with Crippen molar-refractivity contribution in [2.45, 2.75) is 39.3 Å². The quantitative estimate of drug-likeness (QED) is 0.855. The fourth-order valence-electron chi connectivity index (χ4n) is 2.27. The van der Waals surface area contributed by atoms with Crippen LogP contribution in [0, 0.1) is 0 Å². The van der Waals surface area contributed by atoms with E-state index in [0.717, 1.165) is 16.7 Å². The van der Waals surface area contributed by atoms with Crippen LogP contribution in [0.25, 0.3) is 6.08 Å². The number of amides is 1. The fraction of sp³-hybridized carbons (Fsp3) is 0.438. The molecule has 0 atom stereocenters. The van der Waals surface area contributed by atoms with Crippen LogP contribution in [0.2, 0.25) is 0 Å². The van der Waals surface area contributed by atoms with Gasteiger partial charge >= 0.3 is 6.09 Å². The summed E-state index contributed by atoms with van der Waals surface area (Å²) in [7, 11) is 0. The molecular formula is C16H21NO3. The largest absolute Gasteiger partial charge is 0.508 e. The molecule has 0 aromatic heterocycles. The van der Waals surface area contributed by atoms with Gasteiger partial charge in [0.25, 0.3) is 0 Å². The zero-order valence-electron chi connectivity index (χ0n) is 12.3. The van der Waals surface area contributed by atoms with Gasteiger partial charge in [0.15, 0.2) is 0 Å². The minimum Gasteiger partial charge on any atom is -0.508 e. The van der Waals surface area contributed by atoms with Crippen LogP contribution in [0.4, 0.5) is 4.79 Å². The summed E-state index contributed by atoms with van der Waals surface area (Å²) in [5.41, 5.74) is 2.26. The van der Waals surface area contributed by atoms with Crippen LogP contribution in [-0.2, 0) is 17.7 Å². The highest BCUT2D eigenvalue weighted by atomic mass is 16.6. The lowest BCUT2D eigenvalue weighted by molar-refractivity contribution is 0.0223. The van der Waals surface area contributed by atoms with Crippen LogP contribution in [0.15, 0.2) is 18.7 Å². The van der Waals surface area contributed by atoms with E-state index in [4.69, 9.17) is 4.74 Å². The summed E-state index contributed by atoms with van der Waals surface area (Å²) < 4.78 is 5.37. The standard InChI is InChI=1S/C16H21NO3/c1-5-11-8-12-6-7-17(10-13(12)14(18)9-11)15(19)20-16(2,3)4/h5,8-9,18H,1,6-7,10H2,2-4H3. The van der Waals surface area contributed by atoms with E-state index in [0.29, 0.717) is 19.5 Å². The molecule has 0 saturated carbocycles. The van der Waals surface area contributed by atoms with E-state index in [2.05, 4.69) is 6.58 Å². The lowest BCUT2D eigenvalue weighted by Crippen LogP contribution is -2.39. The Morgan fingerprint density at radius 2 is 2.15 bits per heavy atom. The van der Waals surface area contributed by atoms with E-state index in [-0.39, 0.29) is 11.8 Å². The van der Waals surface area contributed by atoms with E-state index in [9.17, 15) is 9.90 Å². The first-order chi connectivity index (χ1) is 9.30. The molecule has 1 N–H and O–H groups in total. The van der Waals surface area contributed by atoms with Crippen molar-refractivity contribution in [2.75, 3.05) is 6.54 Å². The Morgan fingerprint density at radius 3 is 2.75 bits per heavy atom. The van der Waals surface area contributed by atoms with Gasteiger partial charge in [-0.2, -0.15) is 0 Å². The lowest BCUT2D eigenvalue weighted by Gasteiger charge is -2.31. The summed E-state index contributed by atoms with van der Waals surface area (Å²) in [5, 5.41) is 10.1. The molecular weight excluding hydrogens is 254 g/mol. The van der Waals surface area contributed by atoms with Crippen molar-refractivity contribution in [3.8, 4) is 5.75 Å². The molecule has 1 amide bonds. The predicted molar refractivity (Wildman–Crippen MR) is 78.5 cm³/mol. The minimum absolute atomic E-state index is 0.214. The van der Waals surface area contributed by atoms with Crippen molar-refractivity contribution in [3.05, 3.63) is 35.4 Å². The van der Waals surface area contributed by atoms with Gasteiger partial charge < -0.3 is 14.7 Å². The first-order valence-electron chi connectivity index (χ1n) is 6.75. The molecule has 1 aliphatic heterocycles. The van der Waals surface area contributed by atoms with Crippen molar-refractivity contribution in [2.24, 2.45) is 0 Å². The first kappa shape index (κ1) is 14.4. The molecule has 1 aliphatic rings. The first-order valence-corrected chi connectivity index (χ1v) is 6.75. The smallest absolute Gasteiger partial charge is 0.410 e. The summed E-state index contributed by atoms with van der Waals surface area (Å²) >= 11 is 0. The molecule has 0 radical (unpaired) electrons. The van der Waals surface area contributed by atoms with Crippen LogP contribution in [0.1, 0.15) is 37.5 Å². The highest BCUT2D eigenvalue weighted by molar-refractivity contribution is 5.69. The van der Waals surface area contributed by atoms with Crippen LogP contribution < -0.4 is 0 Å². The maximum Gasteiger partial charge on any atom is 0.410 e. The number of phenols is 1. The van der Waals surface area contributed by atoms with Gasteiger partial charge in [-0.15, -0.1) is 0 Å². The molecule has 0 saturated heterocycles. The molecule has 4 heteroatoms. The van der Waals surface area contributed by atoms with Gasteiger partial charge in [-0.3, -0.25) is 0 Å². The molecule has 2 rings (SSSR count). The fourth-order valence-corrected chi connectivity index (χ4v) is 2.27. The maximum absolute atomic E-state index is 12.1. The zero-order valence-corrected chi connectivity index (χ0v) is 12.3. The van der Waals surface area contributed by atoms with Crippen molar-refractivity contribution in [1.82, 2.24) is 4.90 Å². The molecule has 0 spiro atoms. The Kier molecular flexibility index (Phi) is 3.75. The number of carbonyl (C=O) groups is 1. The average Bonchev–Trinajstić information content (AvgIpc) is 2.36. The highest BCUT2D eigenvalue weighted by Gasteiger charge is 2.27. The van der Waals surface area contributed by atoms with Crippen LogP contribution in [-0.4, -0.2) is 28.2 Å². The van der Waals surface area contributed by atoms with Crippen LogP contribution >= 0.6 is 0 Å². The summed E-state index contributed by atoms with van der Waals surface area (Å²) in [5.74, 6) is 0.214. The zero-order chi connectivity index (χ0) is 14.9. The van der Waals surface area contributed by atoms with E-state index < -0.39 is 5.60 Å². The second-order valence-electron chi connectivity index (χ2n) is 6.03. The number of benzene rings is 1.